The molecule has 0 atom stereocenters. The van der Waals surface area contributed by atoms with Gasteiger partial charge >= 0.3 is 0 Å². The first-order valence-electron chi connectivity index (χ1n) is 7.63. The molecule has 3 rings (SSSR count). The van der Waals surface area contributed by atoms with Crippen LogP contribution < -0.4 is 5.32 Å². The van der Waals surface area contributed by atoms with Crippen molar-refractivity contribution < 1.29 is 4.42 Å². The average Bonchev–Trinajstić information content (AvgIpc) is 3.10. The van der Waals surface area contributed by atoms with Crippen molar-refractivity contribution in [2.45, 2.75) is 58.4 Å². The van der Waals surface area contributed by atoms with E-state index in [9.17, 15) is 0 Å². The number of furan rings is 1. The molecule has 0 unspecified atom stereocenters. The molecular formula is C18H25NO. The second-order valence-electron chi connectivity index (χ2n) is 7.18. The lowest BCUT2D eigenvalue weighted by molar-refractivity contribution is 0.507. The second kappa shape index (κ2) is 4.63. The normalized spacial score (nSPS) is 16.1. The first kappa shape index (κ1) is 13.7. The molecule has 20 heavy (non-hydrogen) atoms. The average molecular weight is 271 g/mol. The maximum absolute atomic E-state index is 6.29. The molecule has 0 spiro atoms. The highest BCUT2D eigenvalue weighted by molar-refractivity contribution is 5.87. The van der Waals surface area contributed by atoms with Crippen molar-refractivity contribution in [2.75, 3.05) is 7.05 Å². The fourth-order valence-electron chi connectivity index (χ4n) is 3.08. The zero-order chi connectivity index (χ0) is 14.5. The topological polar surface area (TPSA) is 25.2 Å². The van der Waals surface area contributed by atoms with Gasteiger partial charge in [0.2, 0.25) is 0 Å². The van der Waals surface area contributed by atoms with Gasteiger partial charge in [-0.15, -0.1) is 0 Å². The number of benzene rings is 1. The van der Waals surface area contributed by atoms with Crippen LogP contribution in [0.4, 0.5) is 0 Å². The Labute approximate surface area is 121 Å². The summed E-state index contributed by atoms with van der Waals surface area (Å²) >= 11 is 0. The molecule has 1 saturated carbocycles. The summed E-state index contributed by atoms with van der Waals surface area (Å²) < 4.78 is 6.29. The zero-order valence-electron chi connectivity index (χ0n) is 13.3. The third kappa shape index (κ3) is 2.26. The van der Waals surface area contributed by atoms with Gasteiger partial charge in [0.15, 0.2) is 0 Å². The van der Waals surface area contributed by atoms with Gasteiger partial charge in [-0.1, -0.05) is 26.8 Å². The number of nitrogens with one attached hydrogen (secondary N) is 1. The van der Waals surface area contributed by atoms with Crippen LogP contribution in [0.25, 0.3) is 11.0 Å². The third-order valence-corrected chi connectivity index (χ3v) is 4.18. The van der Waals surface area contributed by atoms with Gasteiger partial charge in [-0.3, -0.25) is 0 Å². The molecule has 2 aromatic rings. The number of fused-ring (bicyclic) bond motifs is 1. The fourth-order valence-corrected chi connectivity index (χ4v) is 3.08. The molecule has 0 amide bonds. The van der Waals surface area contributed by atoms with Crippen molar-refractivity contribution in [3.8, 4) is 0 Å². The molecule has 1 heterocycles. The molecule has 2 nitrogen and oxygen atoms in total. The van der Waals surface area contributed by atoms with Crippen LogP contribution in [-0.2, 0) is 12.0 Å². The van der Waals surface area contributed by atoms with Crippen LogP contribution in [0.2, 0.25) is 0 Å². The van der Waals surface area contributed by atoms with Gasteiger partial charge in [0.25, 0.3) is 0 Å². The summed E-state index contributed by atoms with van der Waals surface area (Å²) in [6, 6.07) is 4.59. The van der Waals surface area contributed by atoms with Crippen LogP contribution in [0.1, 0.15) is 62.0 Å². The molecule has 2 heteroatoms. The lowest BCUT2D eigenvalue weighted by Gasteiger charge is -2.20. The quantitative estimate of drug-likeness (QED) is 0.880. The maximum Gasteiger partial charge on any atom is 0.138 e. The van der Waals surface area contributed by atoms with Gasteiger partial charge in [0, 0.05) is 16.5 Å². The van der Waals surface area contributed by atoms with E-state index in [0.717, 1.165) is 17.9 Å². The predicted molar refractivity (Wildman–Crippen MR) is 84.4 cm³/mol. The Morgan fingerprint density at radius 3 is 2.50 bits per heavy atom. The fraction of sp³-hybridized carbons (Fsp3) is 0.556. The number of rotatable bonds is 3. The molecule has 1 fully saturated rings. The molecule has 108 valence electrons. The van der Waals surface area contributed by atoms with E-state index in [2.05, 4.69) is 45.1 Å². The van der Waals surface area contributed by atoms with E-state index in [-0.39, 0.29) is 5.41 Å². The third-order valence-electron chi connectivity index (χ3n) is 4.18. The van der Waals surface area contributed by atoms with Crippen molar-refractivity contribution in [1.29, 1.82) is 0 Å². The van der Waals surface area contributed by atoms with Crippen molar-refractivity contribution >= 4 is 11.0 Å². The van der Waals surface area contributed by atoms with Gasteiger partial charge in [-0.25, -0.2) is 0 Å². The van der Waals surface area contributed by atoms with Gasteiger partial charge in [0.05, 0.1) is 6.54 Å². The highest BCUT2D eigenvalue weighted by Gasteiger charge is 2.32. The monoisotopic (exact) mass is 271 g/mol. The largest absolute Gasteiger partial charge is 0.459 e. The van der Waals surface area contributed by atoms with E-state index in [1.54, 1.807) is 0 Å². The molecule has 1 N–H and O–H groups in total. The summed E-state index contributed by atoms with van der Waals surface area (Å²) in [6.45, 7) is 9.80. The molecule has 0 radical (unpaired) electrons. The minimum atomic E-state index is 0.111. The van der Waals surface area contributed by atoms with E-state index in [1.165, 1.54) is 34.9 Å². The minimum absolute atomic E-state index is 0.111. The number of hydrogen-bond donors (Lipinski definition) is 1. The van der Waals surface area contributed by atoms with E-state index < -0.39 is 0 Å². The minimum Gasteiger partial charge on any atom is -0.459 e. The van der Waals surface area contributed by atoms with Crippen LogP contribution in [0.3, 0.4) is 0 Å². The van der Waals surface area contributed by atoms with Crippen LogP contribution in [-0.4, -0.2) is 7.05 Å². The van der Waals surface area contributed by atoms with Gasteiger partial charge in [-0.2, -0.15) is 0 Å². The lowest BCUT2D eigenvalue weighted by Crippen LogP contribution is -2.11. The molecule has 1 aliphatic carbocycles. The Morgan fingerprint density at radius 1 is 1.25 bits per heavy atom. The summed E-state index contributed by atoms with van der Waals surface area (Å²) in [5.41, 5.74) is 5.34. The summed E-state index contributed by atoms with van der Waals surface area (Å²) in [4.78, 5) is 0. The Balaban J connectivity index is 2.30. The van der Waals surface area contributed by atoms with Gasteiger partial charge < -0.3 is 9.73 Å². The summed E-state index contributed by atoms with van der Waals surface area (Å²) in [5.74, 6) is 1.86. The van der Waals surface area contributed by atoms with Crippen molar-refractivity contribution in [3.05, 3.63) is 34.6 Å². The Morgan fingerprint density at radius 2 is 1.95 bits per heavy atom. The number of hydrogen-bond acceptors (Lipinski definition) is 2. The van der Waals surface area contributed by atoms with Crippen molar-refractivity contribution in [3.63, 3.8) is 0 Å². The smallest absolute Gasteiger partial charge is 0.138 e. The molecule has 1 aromatic heterocycles. The Hall–Kier alpha value is -1.28. The highest BCUT2D eigenvalue weighted by Crippen LogP contribution is 2.47. The van der Waals surface area contributed by atoms with Gasteiger partial charge in [-0.05, 0) is 49.8 Å². The Bertz CT molecular complexity index is 641. The summed E-state index contributed by atoms with van der Waals surface area (Å²) in [7, 11) is 1.99. The van der Waals surface area contributed by atoms with Crippen LogP contribution >= 0.6 is 0 Å². The van der Waals surface area contributed by atoms with Crippen LogP contribution in [0.5, 0.6) is 0 Å². The molecule has 0 saturated heterocycles. The highest BCUT2D eigenvalue weighted by atomic mass is 16.3. The molecule has 1 aromatic carbocycles. The van der Waals surface area contributed by atoms with Crippen LogP contribution in [0.15, 0.2) is 16.5 Å². The first-order chi connectivity index (χ1) is 9.41. The van der Waals surface area contributed by atoms with E-state index in [4.69, 9.17) is 4.42 Å². The van der Waals surface area contributed by atoms with E-state index in [0.29, 0.717) is 5.92 Å². The second-order valence-corrected chi connectivity index (χ2v) is 7.18. The first-order valence-corrected chi connectivity index (χ1v) is 7.63. The summed E-state index contributed by atoms with van der Waals surface area (Å²) in [5, 5.41) is 4.60. The van der Waals surface area contributed by atoms with Crippen molar-refractivity contribution in [2.24, 2.45) is 0 Å². The van der Waals surface area contributed by atoms with E-state index >= 15 is 0 Å². The summed E-state index contributed by atoms with van der Waals surface area (Å²) in [6.07, 6.45) is 2.62. The lowest BCUT2D eigenvalue weighted by atomic mass is 9.84. The van der Waals surface area contributed by atoms with Crippen LogP contribution in [0, 0.1) is 6.92 Å². The SMILES string of the molecule is CNCc1oc2c(C(C)(C)C)cc(C)cc2c1C1CC1. The zero-order valence-corrected chi connectivity index (χ0v) is 13.3. The van der Waals surface area contributed by atoms with Gasteiger partial charge in [0.1, 0.15) is 11.3 Å². The van der Waals surface area contributed by atoms with E-state index in [1.807, 2.05) is 7.05 Å². The molecule has 1 aliphatic rings. The van der Waals surface area contributed by atoms with Crippen molar-refractivity contribution in [1.82, 2.24) is 5.32 Å². The molecule has 0 aliphatic heterocycles. The number of aryl methyl sites for hydroxylation is 1. The molecule has 0 bridgehead atoms. The standard InChI is InChI=1S/C18H25NO/c1-11-8-13-16(12-6-7-12)15(10-19-5)20-17(13)14(9-11)18(2,3)4/h8-9,12,19H,6-7,10H2,1-5H3. The Kier molecular flexibility index (Phi) is 3.17. The molecular weight excluding hydrogens is 246 g/mol. The maximum atomic E-state index is 6.29. The predicted octanol–water partition coefficient (Wildman–Crippen LogP) is 4.64.